The minimum absolute atomic E-state index is 1.09. The van der Waals surface area contributed by atoms with Crippen LogP contribution in [0.25, 0.3) is 10.9 Å². The Morgan fingerprint density at radius 3 is 2.81 bits per heavy atom. The summed E-state index contributed by atoms with van der Waals surface area (Å²) >= 11 is 0. The fourth-order valence-corrected chi connectivity index (χ4v) is 2.26. The molecule has 2 aromatic rings. The number of rotatable bonds is 1. The van der Waals surface area contributed by atoms with Gasteiger partial charge in [-0.15, -0.1) is 0 Å². The lowest BCUT2D eigenvalue weighted by atomic mass is 10.2. The summed E-state index contributed by atoms with van der Waals surface area (Å²) in [7, 11) is 2.17. The molecule has 1 aliphatic rings. The number of fused-ring (bicyclic) bond motifs is 1. The van der Waals surface area contributed by atoms with E-state index in [9.17, 15) is 0 Å². The molecule has 0 bridgehead atoms. The van der Waals surface area contributed by atoms with Gasteiger partial charge >= 0.3 is 0 Å². The molecule has 4 heteroatoms. The number of hydrogen-bond acceptors (Lipinski definition) is 3. The number of piperazine rings is 1. The van der Waals surface area contributed by atoms with Crippen LogP contribution in [0.2, 0.25) is 0 Å². The lowest BCUT2D eigenvalue weighted by Gasteiger charge is -2.34. The molecule has 16 heavy (non-hydrogen) atoms. The predicted octanol–water partition coefficient (Wildman–Crippen LogP) is 1.31. The van der Waals surface area contributed by atoms with Crippen molar-refractivity contribution >= 4 is 16.6 Å². The fourth-order valence-electron chi connectivity index (χ4n) is 2.26. The lowest BCUT2D eigenvalue weighted by molar-refractivity contribution is 0.313. The van der Waals surface area contributed by atoms with Gasteiger partial charge < -0.3 is 14.8 Å². The van der Waals surface area contributed by atoms with Gasteiger partial charge in [-0.05, 0) is 13.1 Å². The van der Waals surface area contributed by atoms with Crippen LogP contribution in [-0.4, -0.2) is 48.1 Å². The van der Waals surface area contributed by atoms with Crippen molar-refractivity contribution in [2.75, 3.05) is 38.1 Å². The van der Waals surface area contributed by atoms with Gasteiger partial charge in [-0.3, -0.25) is 4.98 Å². The van der Waals surface area contributed by atoms with Crippen molar-refractivity contribution in [1.29, 1.82) is 0 Å². The van der Waals surface area contributed by atoms with Crippen LogP contribution >= 0.6 is 0 Å². The molecule has 84 valence electrons. The molecule has 0 saturated carbocycles. The molecule has 2 aromatic heterocycles. The molecule has 3 rings (SSSR count). The zero-order valence-electron chi connectivity index (χ0n) is 9.48. The van der Waals surface area contributed by atoms with E-state index in [0.29, 0.717) is 0 Å². The second kappa shape index (κ2) is 3.79. The summed E-state index contributed by atoms with van der Waals surface area (Å²) in [6, 6.07) is 2.13. The number of nitrogens with zero attached hydrogens (tertiary/aromatic N) is 3. The zero-order valence-corrected chi connectivity index (χ0v) is 9.48. The molecule has 0 aromatic carbocycles. The van der Waals surface area contributed by atoms with E-state index in [2.05, 4.69) is 32.9 Å². The quantitative estimate of drug-likeness (QED) is 0.780. The molecule has 0 aliphatic carbocycles. The van der Waals surface area contributed by atoms with Crippen molar-refractivity contribution < 1.29 is 0 Å². The largest absolute Gasteiger partial charge is 0.367 e. The van der Waals surface area contributed by atoms with Crippen LogP contribution < -0.4 is 4.90 Å². The molecular formula is C12H16N4. The highest BCUT2D eigenvalue weighted by atomic mass is 15.2. The first-order valence-electron chi connectivity index (χ1n) is 5.69. The second-order valence-electron chi connectivity index (χ2n) is 4.39. The smallest absolute Gasteiger partial charge is 0.0661 e. The Morgan fingerprint density at radius 2 is 2.00 bits per heavy atom. The van der Waals surface area contributed by atoms with Crippen molar-refractivity contribution in [2.24, 2.45) is 0 Å². The van der Waals surface area contributed by atoms with Gasteiger partial charge in [-0.25, -0.2) is 0 Å². The number of aromatic amines is 1. The van der Waals surface area contributed by atoms with Crippen LogP contribution in [0.5, 0.6) is 0 Å². The first-order valence-corrected chi connectivity index (χ1v) is 5.69. The number of nitrogens with one attached hydrogen (secondary N) is 1. The highest BCUT2D eigenvalue weighted by Gasteiger charge is 2.16. The average molecular weight is 216 g/mol. The Kier molecular flexibility index (Phi) is 2.29. The van der Waals surface area contributed by atoms with E-state index in [0.717, 1.165) is 31.7 Å². The minimum atomic E-state index is 1.09. The maximum absolute atomic E-state index is 4.29. The maximum Gasteiger partial charge on any atom is 0.0661 e. The van der Waals surface area contributed by atoms with Crippen LogP contribution in [0.3, 0.4) is 0 Å². The highest BCUT2D eigenvalue weighted by Crippen LogP contribution is 2.25. The predicted molar refractivity (Wildman–Crippen MR) is 65.8 cm³/mol. The van der Waals surface area contributed by atoms with Crippen molar-refractivity contribution in [1.82, 2.24) is 14.9 Å². The molecule has 1 aliphatic heterocycles. The number of H-pyrrole nitrogens is 1. The fraction of sp³-hybridized carbons (Fsp3) is 0.417. The Morgan fingerprint density at radius 1 is 1.19 bits per heavy atom. The number of aromatic nitrogens is 2. The van der Waals surface area contributed by atoms with Gasteiger partial charge in [-0.2, -0.15) is 0 Å². The van der Waals surface area contributed by atoms with Crippen LogP contribution in [0.15, 0.2) is 24.7 Å². The van der Waals surface area contributed by atoms with E-state index in [-0.39, 0.29) is 0 Å². The first-order chi connectivity index (χ1) is 7.84. The third-order valence-corrected chi connectivity index (χ3v) is 3.30. The van der Waals surface area contributed by atoms with Crippen LogP contribution in [0.1, 0.15) is 0 Å². The van der Waals surface area contributed by atoms with E-state index in [4.69, 9.17) is 0 Å². The number of likely N-dealkylation sites (N-methyl/N-ethyl adjacent to an activating group) is 1. The molecule has 0 radical (unpaired) electrons. The van der Waals surface area contributed by atoms with Gasteiger partial charge in [0, 0.05) is 37.8 Å². The van der Waals surface area contributed by atoms with E-state index in [1.807, 2.05) is 18.6 Å². The summed E-state index contributed by atoms with van der Waals surface area (Å²) in [4.78, 5) is 12.3. The van der Waals surface area contributed by atoms with Crippen LogP contribution in [0, 0.1) is 0 Å². The van der Waals surface area contributed by atoms with Gasteiger partial charge in [0.15, 0.2) is 0 Å². The molecule has 0 spiro atoms. The Hall–Kier alpha value is -1.55. The van der Waals surface area contributed by atoms with Gasteiger partial charge in [0.1, 0.15) is 0 Å². The average Bonchev–Trinajstić information content (AvgIpc) is 2.78. The SMILES string of the molecule is CN1CCN(c2cncc3[nH]ccc23)CC1. The van der Waals surface area contributed by atoms with Gasteiger partial charge in [0.2, 0.25) is 0 Å². The third-order valence-electron chi connectivity index (χ3n) is 3.30. The summed E-state index contributed by atoms with van der Waals surface area (Å²) < 4.78 is 0. The third kappa shape index (κ3) is 1.55. The summed E-state index contributed by atoms with van der Waals surface area (Å²) in [6.07, 6.45) is 5.84. The summed E-state index contributed by atoms with van der Waals surface area (Å²) in [5.41, 5.74) is 2.38. The normalized spacial score (nSPS) is 18.2. The van der Waals surface area contributed by atoms with E-state index in [1.165, 1.54) is 11.1 Å². The lowest BCUT2D eigenvalue weighted by Crippen LogP contribution is -2.44. The van der Waals surface area contributed by atoms with E-state index < -0.39 is 0 Å². The zero-order chi connectivity index (χ0) is 11.0. The van der Waals surface area contributed by atoms with E-state index >= 15 is 0 Å². The van der Waals surface area contributed by atoms with Crippen molar-refractivity contribution in [2.45, 2.75) is 0 Å². The number of pyridine rings is 1. The highest BCUT2D eigenvalue weighted by molar-refractivity contribution is 5.91. The molecule has 0 unspecified atom stereocenters. The van der Waals surface area contributed by atoms with Crippen molar-refractivity contribution in [3.63, 3.8) is 0 Å². The first kappa shape index (κ1) is 9.66. The van der Waals surface area contributed by atoms with Crippen molar-refractivity contribution in [3.05, 3.63) is 24.7 Å². The van der Waals surface area contributed by atoms with Crippen LogP contribution in [0.4, 0.5) is 5.69 Å². The number of hydrogen-bond donors (Lipinski definition) is 1. The topological polar surface area (TPSA) is 35.2 Å². The molecule has 1 fully saturated rings. The van der Waals surface area contributed by atoms with Gasteiger partial charge in [-0.1, -0.05) is 0 Å². The molecule has 1 saturated heterocycles. The molecule has 1 N–H and O–H groups in total. The number of anilines is 1. The van der Waals surface area contributed by atoms with E-state index in [1.54, 1.807) is 0 Å². The van der Waals surface area contributed by atoms with Gasteiger partial charge in [0.25, 0.3) is 0 Å². The second-order valence-corrected chi connectivity index (χ2v) is 4.39. The Labute approximate surface area is 94.9 Å². The molecule has 3 heterocycles. The maximum atomic E-state index is 4.29. The molecule has 0 atom stereocenters. The van der Waals surface area contributed by atoms with Crippen LogP contribution in [-0.2, 0) is 0 Å². The monoisotopic (exact) mass is 216 g/mol. The molecule has 0 amide bonds. The van der Waals surface area contributed by atoms with Gasteiger partial charge in [0.05, 0.1) is 23.6 Å². The standard InChI is InChI=1S/C12H16N4/c1-15-4-6-16(7-5-15)12-9-13-8-11-10(12)2-3-14-11/h2-3,8-9,14H,4-7H2,1H3. The minimum Gasteiger partial charge on any atom is -0.367 e. The molecule has 4 nitrogen and oxygen atoms in total. The summed E-state index contributed by atoms with van der Waals surface area (Å²) in [6.45, 7) is 4.42. The summed E-state index contributed by atoms with van der Waals surface area (Å²) in [5.74, 6) is 0. The Balaban J connectivity index is 1.96. The summed E-state index contributed by atoms with van der Waals surface area (Å²) in [5, 5.41) is 1.28. The van der Waals surface area contributed by atoms with Crippen molar-refractivity contribution in [3.8, 4) is 0 Å². The Bertz CT molecular complexity index is 482. The molecular weight excluding hydrogens is 200 g/mol.